The molecule has 0 fully saturated rings. The molecule has 0 saturated heterocycles. The molecule has 0 spiro atoms. The van der Waals surface area contributed by atoms with Crippen LogP contribution in [0.1, 0.15) is 10.5 Å². The lowest BCUT2D eigenvalue weighted by atomic mass is 10.3. The van der Waals surface area contributed by atoms with Crippen LogP contribution in [0.3, 0.4) is 0 Å². The Kier molecular flexibility index (Phi) is 3.52. The van der Waals surface area contributed by atoms with E-state index in [9.17, 15) is 13.4 Å². The molecule has 7 heteroatoms. The van der Waals surface area contributed by atoms with E-state index in [2.05, 4.69) is 15.0 Å². The van der Waals surface area contributed by atoms with Gasteiger partial charge in [-0.3, -0.25) is 9.00 Å². The highest BCUT2D eigenvalue weighted by Gasteiger charge is 2.11. The number of carbonyl (C=O) groups is 1. The van der Waals surface area contributed by atoms with Crippen LogP contribution in [0.5, 0.6) is 0 Å². The van der Waals surface area contributed by atoms with Crippen molar-refractivity contribution in [2.45, 2.75) is 4.90 Å². The lowest BCUT2D eigenvalue weighted by molar-refractivity contribution is 0.101. The van der Waals surface area contributed by atoms with E-state index >= 15 is 0 Å². The number of rotatable bonds is 3. The zero-order chi connectivity index (χ0) is 13.1. The van der Waals surface area contributed by atoms with Gasteiger partial charge in [-0.2, -0.15) is 0 Å². The fourth-order valence-electron chi connectivity index (χ4n) is 1.34. The number of carbonyl (C=O) groups excluding carboxylic acids is 1. The Morgan fingerprint density at radius 1 is 1.44 bits per heavy atom. The Balaban J connectivity index is 2.18. The minimum absolute atomic E-state index is 0.0921. The number of nitrogens with zero attached hydrogens (tertiary/aromatic N) is 1. The van der Waals surface area contributed by atoms with E-state index in [1.807, 2.05) is 0 Å². The van der Waals surface area contributed by atoms with Crippen LogP contribution in [0, 0.1) is 5.82 Å². The Labute approximate surface area is 104 Å². The van der Waals surface area contributed by atoms with Gasteiger partial charge in [-0.05, 0) is 18.2 Å². The molecule has 1 aromatic carbocycles. The minimum Gasteiger partial charge on any atom is -0.364 e. The number of benzene rings is 1. The summed E-state index contributed by atoms with van der Waals surface area (Å²) in [6, 6.07) is 5.33. The Hall–Kier alpha value is -2.02. The van der Waals surface area contributed by atoms with Crippen molar-refractivity contribution in [2.24, 2.45) is 0 Å². The van der Waals surface area contributed by atoms with Crippen molar-refractivity contribution < 1.29 is 17.9 Å². The van der Waals surface area contributed by atoms with Gasteiger partial charge in [-0.25, -0.2) is 4.39 Å². The van der Waals surface area contributed by atoms with Crippen LogP contribution >= 0.6 is 0 Å². The van der Waals surface area contributed by atoms with Crippen molar-refractivity contribution in [3.8, 4) is 0 Å². The van der Waals surface area contributed by atoms with Gasteiger partial charge in [0.2, 0.25) is 0 Å². The van der Waals surface area contributed by atoms with E-state index < -0.39 is 22.5 Å². The number of hydrogen-bond acceptors (Lipinski definition) is 4. The van der Waals surface area contributed by atoms with Gasteiger partial charge in [0.15, 0.2) is 5.69 Å². The molecule has 0 aliphatic carbocycles. The first-order valence-corrected chi connectivity index (χ1v) is 6.48. The maximum Gasteiger partial charge on any atom is 0.277 e. The normalized spacial score (nSPS) is 12.1. The summed E-state index contributed by atoms with van der Waals surface area (Å²) in [5.74, 6) is -1.14. The van der Waals surface area contributed by atoms with Gasteiger partial charge < -0.3 is 9.84 Å². The van der Waals surface area contributed by atoms with Gasteiger partial charge in [0, 0.05) is 18.0 Å². The van der Waals surface area contributed by atoms with Gasteiger partial charge in [0.25, 0.3) is 5.91 Å². The van der Waals surface area contributed by atoms with Gasteiger partial charge in [0.05, 0.1) is 15.7 Å². The monoisotopic (exact) mass is 268 g/mol. The lowest BCUT2D eigenvalue weighted by Crippen LogP contribution is -2.12. The molecule has 0 aliphatic heterocycles. The van der Waals surface area contributed by atoms with E-state index in [0.717, 1.165) is 6.07 Å². The predicted octanol–water partition coefficient (Wildman–Crippen LogP) is 1.80. The molecule has 18 heavy (non-hydrogen) atoms. The largest absolute Gasteiger partial charge is 0.364 e. The average Bonchev–Trinajstić information content (AvgIpc) is 2.81. The van der Waals surface area contributed by atoms with E-state index in [1.165, 1.54) is 30.7 Å². The molecule has 1 N–H and O–H groups in total. The lowest BCUT2D eigenvalue weighted by Gasteiger charge is -2.05. The minimum atomic E-state index is -1.41. The van der Waals surface area contributed by atoms with Crippen molar-refractivity contribution in [1.82, 2.24) is 5.16 Å². The highest BCUT2D eigenvalue weighted by atomic mass is 32.2. The number of hydrogen-bond donors (Lipinski definition) is 1. The molecule has 0 saturated carbocycles. The third-order valence-corrected chi connectivity index (χ3v) is 3.12. The molecule has 2 aromatic rings. The first kappa shape index (κ1) is 12.4. The molecule has 1 unspecified atom stereocenters. The van der Waals surface area contributed by atoms with Gasteiger partial charge in [-0.1, -0.05) is 5.16 Å². The first-order valence-electron chi connectivity index (χ1n) is 4.92. The van der Waals surface area contributed by atoms with Crippen LogP contribution in [-0.4, -0.2) is 21.5 Å². The second-order valence-corrected chi connectivity index (χ2v) is 4.79. The van der Waals surface area contributed by atoms with Crippen molar-refractivity contribution in [2.75, 3.05) is 11.6 Å². The molecule has 2 rings (SSSR count). The van der Waals surface area contributed by atoms with Crippen molar-refractivity contribution >= 4 is 22.4 Å². The molecule has 1 amide bonds. The molecular formula is C11H9FN2O3S. The van der Waals surface area contributed by atoms with E-state index in [4.69, 9.17) is 0 Å². The van der Waals surface area contributed by atoms with E-state index in [1.54, 1.807) is 0 Å². The fourth-order valence-corrected chi connectivity index (χ4v) is 1.93. The number of amides is 1. The highest BCUT2D eigenvalue weighted by molar-refractivity contribution is 7.84. The van der Waals surface area contributed by atoms with Crippen LogP contribution in [0.15, 0.2) is 39.9 Å². The Morgan fingerprint density at radius 2 is 2.22 bits per heavy atom. The molecule has 0 radical (unpaired) electrons. The summed E-state index contributed by atoms with van der Waals surface area (Å²) in [5.41, 5.74) is 0.355. The zero-order valence-electron chi connectivity index (χ0n) is 9.34. The van der Waals surface area contributed by atoms with Crippen LogP contribution in [0.25, 0.3) is 0 Å². The van der Waals surface area contributed by atoms with Crippen molar-refractivity contribution in [3.05, 3.63) is 42.0 Å². The van der Waals surface area contributed by atoms with Gasteiger partial charge >= 0.3 is 0 Å². The summed E-state index contributed by atoms with van der Waals surface area (Å²) in [5, 5.41) is 5.90. The van der Waals surface area contributed by atoms with Crippen LogP contribution in [0.4, 0.5) is 10.1 Å². The van der Waals surface area contributed by atoms with Gasteiger partial charge in [-0.15, -0.1) is 0 Å². The summed E-state index contributed by atoms with van der Waals surface area (Å²) in [4.78, 5) is 11.7. The molecular weight excluding hydrogens is 259 g/mol. The first-order chi connectivity index (χ1) is 8.58. The third-order valence-electron chi connectivity index (χ3n) is 2.17. The van der Waals surface area contributed by atoms with Crippen molar-refractivity contribution in [3.63, 3.8) is 0 Å². The summed E-state index contributed by atoms with van der Waals surface area (Å²) in [6.07, 6.45) is 2.64. The van der Waals surface area contributed by atoms with Crippen LogP contribution in [-0.2, 0) is 10.8 Å². The summed E-state index contributed by atoms with van der Waals surface area (Å²) in [6.45, 7) is 0. The third kappa shape index (κ3) is 2.62. The standard InChI is InChI=1S/C11H9FN2O3S/c1-18(16)10-3-2-7(6-8(10)12)13-11(15)9-4-5-17-14-9/h2-6H,1H3,(H,13,15). The van der Waals surface area contributed by atoms with Crippen molar-refractivity contribution in [1.29, 1.82) is 0 Å². The Morgan fingerprint density at radius 3 is 2.78 bits per heavy atom. The molecule has 0 bridgehead atoms. The average molecular weight is 268 g/mol. The molecule has 1 atom stereocenters. The number of anilines is 1. The molecule has 1 heterocycles. The summed E-state index contributed by atoms with van der Waals surface area (Å²) < 4.78 is 29.2. The number of halogens is 1. The Bertz CT molecular complexity index is 598. The second-order valence-electron chi connectivity index (χ2n) is 3.44. The second kappa shape index (κ2) is 5.09. The zero-order valence-corrected chi connectivity index (χ0v) is 10.2. The molecule has 94 valence electrons. The highest BCUT2D eigenvalue weighted by Crippen LogP contribution is 2.17. The predicted molar refractivity (Wildman–Crippen MR) is 63.2 cm³/mol. The topological polar surface area (TPSA) is 72.2 Å². The number of aromatic nitrogens is 1. The van der Waals surface area contributed by atoms with Gasteiger partial charge in [0.1, 0.15) is 12.1 Å². The quantitative estimate of drug-likeness (QED) is 0.921. The van der Waals surface area contributed by atoms with Crippen LogP contribution in [0.2, 0.25) is 0 Å². The number of nitrogens with one attached hydrogen (secondary N) is 1. The summed E-state index contributed by atoms with van der Waals surface area (Å²) in [7, 11) is -1.41. The van der Waals surface area contributed by atoms with Crippen LogP contribution < -0.4 is 5.32 Å². The molecule has 5 nitrogen and oxygen atoms in total. The maximum atomic E-state index is 13.5. The van der Waals surface area contributed by atoms with E-state index in [-0.39, 0.29) is 16.3 Å². The SMILES string of the molecule is CS(=O)c1ccc(NC(=O)c2ccon2)cc1F. The fraction of sp³-hybridized carbons (Fsp3) is 0.0909. The smallest absolute Gasteiger partial charge is 0.277 e. The molecule has 0 aliphatic rings. The molecule has 1 aromatic heterocycles. The summed E-state index contributed by atoms with van der Waals surface area (Å²) >= 11 is 0. The van der Waals surface area contributed by atoms with E-state index in [0.29, 0.717) is 0 Å². The maximum absolute atomic E-state index is 13.5.